The van der Waals surface area contributed by atoms with Gasteiger partial charge in [0.05, 0.1) is 18.9 Å². The number of hydrogen-bond donors (Lipinski definition) is 1. The Labute approximate surface area is 94.8 Å². The van der Waals surface area contributed by atoms with Crippen LogP contribution < -0.4 is 10.5 Å². The molecule has 0 bridgehead atoms. The van der Waals surface area contributed by atoms with Crippen LogP contribution in [0.1, 0.15) is 24.3 Å². The third kappa shape index (κ3) is 2.25. The van der Waals surface area contributed by atoms with Crippen molar-refractivity contribution >= 4 is 0 Å². The molecule has 2 rings (SSSR count). The summed E-state index contributed by atoms with van der Waals surface area (Å²) in [6.45, 7) is 2.63. The molecule has 0 radical (unpaired) electrons. The van der Waals surface area contributed by atoms with Crippen molar-refractivity contribution in [2.24, 2.45) is 5.73 Å². The van der Waals surface area contributed by atoms with Crippen LogP contribution in [0.3, 0.4) is 0 Å². The van der Waals surface area contributed by atoms with E-state index in [9.17, 15) is 0 Å². The summed E-state index contributed by atoms with van der Waals surface area (Å²) in [5, 5.41) is 0. The molecular formula is C13H15NO2. The maximum Gasteiger partial charge on any atom is 0.124 e. The Morgan fingerprint density at radius 1 is 1.25 bits per heavy atom. The monoisotopic (exact) mass is 217 g/mol. The number of rotatable bonds is 4. The van der Waals surface area contributed by atoms with Gasteiger partial charge in [0.2, 0.25) is 0 Å². The molecule has 1 atom stereocenters. The van der Waals surface area contributed by atoms with Gasteiger partial charge in [0.1, 0.15) is 11.5 Å². The fraction of sp³-hybridized carbons (Fsp3) is 0.231. The van der Waals surface area contributed by atoms with Crippen LogP contribution in [-0.2, 0) is 0 Å². The number of ether oxygens (including phenoxy) is 1. The van der Waals surface area contributed by atoms with Crippen LogP contribution in [0.2, 0.25) is 0 Å². The quantitative estimate of drug-likeness (QED) is 0.856. The highest BCUT2D eigenvalue weighted by molar-refractivity contribution is 5.32. The Morgan fingerprint density at radius 2 is 2.00 bits per heavy atom. The first-order valence-electron chi connectivity index (χ1n) is 5.33. The van der Waals surface area contributed by atoms with Gasteiger partial charge in [-0.2, -0.15) is 0 Å². The summed E-state index contributed by atoms with van der Waals surface area (Å²) >= 11 is 0. The lowest BCUT2D eigenvalue weighted by atomic mass is 10.1. The van der Waals surface area contributed by atoms with Gasteiger partial charge in [-0.3, -0.25) is 0 Å². The zero-order chi connectivity index (χ0) is 11.4. The number of furan rings is 1. The summed E-state index contributed by atoms with van der Waals surface area (Å²) in [5.41, 5.74) is 7.06. The van der Waals surface area contributed by atoms with E-state index in [1.807, 2.05) is 43.3 Å². The van der Waals surface area contributed by atoms with Gasteiger partial charge in [-0.15, -0.1) is 0 Å². The normalized spacial score (nSPS) is 12.4. The van der Waals surface area contributed by atoms with E-state index in [-0.39, 0.29) is 6.04 Å². The molecule has 84 valence electrons. The smallest absolute Gasteiger partial charge is 0.124 e. The molecule has 1 heterocycles. The lowest BCUT2D eigenvalue weighted by Crippen LogP contribution is -2.10. The number of nitrogens with two attached hydrogens (primary N) is 1. The van der Waals surface area contributed by atoms with E-state index in [2.05, 4.69) is 0 Å². The highest BCUT2D eigenvalue weighted by atomic mass is 16.5. The van der Waals surface area contributed by atoms with E-state index in [1.165, 1.54) is 0 Å². The third-order valence-corrected chi connectivity index (χ3v) is 2.40. The molecule has 2 aromatic rings. The van der Waals surface area contributed by atoms with Crippen molar-refractivity contribution in [3.8, 4) is 5.75 Å². The van der Waals surface area contributed by atoms with Crippen molar-refractivity contribution in [3.63, 3.8) is 0 Å². The maximum absolute atomic E-state index is 6.05. The molecule has 0 aliphatic rings. The topological polar surface area (TPSA) is 48.4 Å². The molecule has 0 aliphatic carbocycles. The predicted octanol–water partition coefficient (Wildman–Crippen LogP) is 2.73. The van der Waals surface area contributed by atoms with Crippen LogP contribution in [0, 0.1) is 0 Å². The van der Waals surface area contributed by atoms with Crippen molar-refractivity contribution in [1.29, 1.82) is 0 Å². The van der Waals surface area contributed by atoms with Crippen molar-refractivity contribution in [2.75, 3.05) is 6.61 Å². The van der Waals surface area contributed by atoms with E-state index in [4.69, 9.17) is 14.9 Å². The Bertz CT molecular complexity index is 420. The standard InChI is InChI=1S/C13H15NO2/c1-2-15-11-7-5-10(6-8-11)13(14)12-4-3-9-16-12/h3-9,13H,2,14H2,1H3. The van der Waals surface area contributed by atoms with Gasteiger partial charge in [-0.25, -0.2) is 0 Å². The third-order valence-electron chi connectivity index (χ3n) is 2.40. The lowest BCUT2D eigenvalue weighted by molar-refractivity contribution is 0.340. The summed E-state index contributed by atoms with van der Waals surface area (Å²) < 4.78 is 10.6. The molecule has 2 N–H and O–H groups in total. The van der Waals surface area contributed by atoms with E-state index in [1.54, 1.807) is 6.26 Å². The van der Waals surface area contributed by atoms with Gasteiger partial charge >= 0.3 is 0 Å². The molecule has 3 heteroatoms. The maximum atomic E-state index is 6.05. The fourth-order valence-corrected chi connectivity index (χ4v) is 1.57. The molecule has 0 saturated heterocycles. The van der Waals surface area contributed by atoms with Crippen molar-refractivity contribution < 1.29 is 9.15 Å². The zero-order valence-electron chi connectivity index (χ0n) is 9.22. The fourth-order valence-electron chi connectivity index (χ4n) is 1.57. The summed E-state index contributed by atoms with van der Waals surface area (Å²) in [4.78, 5) is 0. The largest absolute Gasteiger partial charge is 0.494 e. The lowest BCUT2D eigenvalue weighted by Gasteiger charge is -2.10. The SMILES string of the molecule is CCOc1ccc(C(N)c2ccco2)cc1. The van der Waals surface area contributed by atoms with Gasteiger partial charge in [0.15, 0.2) is 0 Å². The van der Waals surface area contributed by atoms with E-state index >= 15 is 0 Å². The Kier molecular flexibility index (Phi) is 3.27. The molecule has 0 saturated carbocycles. The van der Waals surface area contributed by atoms with E-state index in [0.29, 0.717) is 6.61 Å². The average molecular weight is 217 g/mol. The van der Waals surface area contributed by atoms with Crippen LogP contribution in [0.25, 0.3) is 0 Å². The summed E-state index contributed by atoms with van der Waals surface area (Å²) in [7, 11) is 0. The zero-order valence-corrected chi connectivity index (χ0v) is 9.22. The molecule has 16 heavy (non-hydrogen) atoms. The van der Waals surface area contributed by atoms with Crippen LogP contribution >= 0.6 is 0 Å². The van der Waals surface area contributed by atoms with Crippen LogP contribution in [-0.4, -0.2) is 6.61 Å². The van der Waals surface area contributed by atoms with Crippen molar-refractivity contribution in [3.05, 3.63) is 54.0 Å². The first-order valence-corrected chi connectivity index (χ1v) is 5.33. The van der Waals surface area contributed by atoms with Gasteiger partial charge in [-0.05, 0) is 36.8 Å². The summed E-state index contributed by atoms with van der Waals surface area (Å²) in [6, 6.07) is 11.2. The second-order valence-electron chi connectivity index (χ2n) is 3.50. The van der Waals surface area contributed by atoms with Gasteiger partial charge < -0.3 is 14.9 Å². The Morgan fingerprint density at radius 3 is 2.56 bits per heavy atom. The molecule has 0 spiro atoms. The Balaban J connectivity index is 2.15. The number of benzene rings is 1. The minimum absolute atomic E-state index is 0.217. The van der Waals surface area contributed by atoms with Gasteiger partial charge in [0.25, 0.3) is 0 Å². The molecule has 0 fully saturated rings. The molecule has 3 nitrogen and oxygen atoms in total. The summed E-state index contributed by atoms with van der Waals surface area (Å²) in [6.07, 6.45) is 1.63. The number of hydrogen-bond acceptors (Lipinski definition) is 3. The minimum Gasteiger partial charge on any atom is -0.494 e. The Hall–Kier alpha value is -1.74. The van der Waals surface area contributed by atoms with Gasteiger partial charge in [0, 0.05) is 0 Å². The first kappa shape index (κ1) is 10.8. The highest BCUT2D eigenvalue weighted by Gasteiger charge is 2.10. The van der Waals surface area contributed by atoms with Gasteiger partial charge in [-0.1, -0.05) is 12.1 Å². The van der Waals surface area contributed by atoms with Crippen LogP contribution in [0.15, 0.2) is 47.1 Å². The van der Waals surface area contributed by atoms with Crippen molar-refractivity contribution in [1.82, 2.24) is 0 Å². The molecule has 1 unspecified atom stereocenters. The van der Waals surface area contributed by atoms with Crippen LogP contribution in [0.5, 0.6) is 5.75 Å². The second-order valence-corrected chi connectivity index (χ2v) is 3.50. The molecule has 1 aromatic heterocycles. The molecule has 1 aromatic carbocycles. The minimum atomic E-state index is -0.217. The second kappa shape index (κ2) is 4.86. The summed E-state index contributed by atoms with van der Waals surface area (Å²) in [5.74, 6) is 1.63. The van der Waals surface area contributed by atoms with E-state index < -0.39 is 0 Å². The van der Waals surface area contributed by atoms with E-state index in [0.717, 1.165) is 17.1 Å². The molecular weight excluding hydrogens is 202 g/mol. The highest BCUT2D eigenvalue weighted by Crippen LogP contribution is 2.22. The predicted molar refractivity (Wildman–Crippen MR) is 62.3 cm³/mol. The van der Waals surface area contributed by atoms with Crippen LogP contribution in [0.4, 0.5) is 0 Å². The average Bonchev–Trinajstić information content (AvgIpc) is 2.83. The molecule has 0 amide bonds. The van der Waals surface area contributed by atoms with Crippen molar-refractivity contribution in [2.45, 2.75) is 13.0 Å². The molecule has 0 aliphatic heterocycles. The first-order chi connectivity index (χ1) is 7.81.